The first kappa shape index (κ1) is 17.7. The summed E-state index contributed by atoms with van der Waals surface area (Å²) in [6.07, 6.45) is 1.70. The first-order valence-electron chi connectivity index (χ1n) is 9.44. The van der Waals surface area contributed by atoms with Crippen LogP contribution in [0.4, 0.5) is 5.82 Å². The van der Waals surface area contributed by atoms with Gasteiger partial charge in [-0.1, -0.05) is 30.3 Å². The van der Waals surface area contributed by atoms with E-state index in [4.69, 9.17) is 4.98 Å². The maximum Gasteiger partial charge on any atom is 0.141 e. The van der Waals surface area contributed by atoms with Crippen LogP contribution in [0, 0.1) is 6.92 Å². The van der Waals surface area contributed by atoms with Crippen LogP contribution in [-0.2, 0) is 6.54 Å². The number of thiazole rings is 1. The normalized spacial score (nSPS) is 15.4. The number of anilines is 1. The third-order valence-corrected chi connectivity index (χ3v) is 6.87. The van der Waals surface area contributed by atoms with E-state index in [9.17, 15) is 0 Å². The third-order valence-electron chi connectivity index (χ3n) is 5.16. The van der Waals surface area contributed by atoms with E-state index >= 15 is 0 Å². The number of rotatable bonds is 4. The minimum atomic E-state index is 0.936. The lowest BCUT2D eigenvalue weighted by molar-refractivity contribution is 0.247. The van der Waals surface area contributed by atoms with Gasteiger partial charge in [-0.2, -0.15) is 0 Å². The number of benzene rings is 1. The summed E-state index contributed by atoms with van der Waals surface area (Å²) in [6, 6.07) is 10.5. The number of aromatic nitrogens is 3. The molecule has 28 heavy (non-hydrogen) atoms. The van der Waals surface area contributed by atoms with E-state index in [0.29, 0.717) is 0 Å². The molecule has 0 N–H and O–H groups in total. The Kier molecular flexibility index (Phi) is 4.80. The fourth-order valence-electron chi connectivity index (χ4n) is 3.76. The molecule has 5 nitrogen and oxygen atoms in total. The van der Waals surface area contributed by atoms with E-state index in [1.807, 2.05) is 0 Å². The van der Waals surface area contributed by atoms with Crippen LogP contribution in [-0.4, -0.2) is 46.0 Å². The molecule has 0 bridgehead atoms. The number of fused-ring (bicyclic) bond motifs is 1. The maximum atomic E-state index is 4.69. The van der Waals surface area contributed by atoms with Gasteiger partial charge < -0.3 is 4.90 Å². The largest absolute Gasteiger partial charge is 0.353 e. The van der Waals surface area contributed by atoms with Crippen molar-refractivity contribution in [3.63, 3.8) is 0 Å². The van der Waals surface area contributed by atoms with Gasteiger partial charge in [-0.3, -0.25) is 4.90 Å². The SMILES string of the molecule is Cc1nc(CN2CCN(c3ncnc4scc(-c5ccccc5)c34)CC2)cs1. The molecular formula is C21H21N5S2. The quantitative estimate of drug-likeness (QED) is 0.500. The number of nitrogens with zero attached hydrogens (tertiary/aromatic N) is 5. The summed E-state index contributed by atoms with van der Waals surface area (Å²) < 4.78 is 0. The first-order chi connectivity index (χ1) is 13.8. The maximum absolute atomic E-state index is 4.69. The Morgan fingerprint density at radius 3 is 2.54 bits per heavy atom. The molecule has 0 radical (unpaired) electrons. The van der Waals surface area contributed by atoms with Gasteiger partial charge in [0, 0.05) is 49.0 Å². The van der Waals surface area contributed by atoms with Crippen LogP contribution in [0.5, 0.6) is 0 Å². The van der Waals surface area contributed by atoms with Crippen LogP contribution >= 0.6 is 22.7 Å². The summed E-state index contributed by atoms with van der Waals surface area (Å²) in [7, 11) is 0. The Hall–Kier alpha value is -2.35. The lowest BCUT2D eigenvalue weighted by Crippen LogP contribution is -2.46. The molecule has 1 fully saturated rings. The number of hydrogen-bond donors (Lipinski definition) is 0. The fraction of sp³-hybridized carbons (Fsp3) is 0.286. The van der Waals surface area contributed by atoms with E-state index in [-0.39, 0.29) is 0 Å². The predicted octanol–water partition coefficient (Wildman–Crippen LogP) is 4.45. The summed E-state index contributed by atoms with van der Waals surface area (Å²) >= 11 is 3.42. The van der Waals surface area contributed by atoms with Gasteiger partial charge in [-0.05, 0) is 12.5 Å². The Balaban J connectivity index is 1.39. The Labute approximate surface area is 172 Å². The van der Waals surface area contributed by atoms with Crippen molar-refractivity contribution < 1.29 is 0 Å². The summed E-state index contributed by atoms with van der Waals surface area (Å²) in [5.41, 5.74) is 3.64. The zero-order chi connectivity index (χ0) is 18.9. The second-order valence-corrected chi connectivity index (χ2v) is 8.93. The van der Waals surface area contributed by atoms with E-state index in [1.54, 1.807) is 29.0 Å². The Morgan fingerprint density at radius 2 is 1.79 bits per heavy atom. The smallest absolute Gasteiger partial charge is 0.141 e. The molecule has 5 rings (SSSR count). The van der Waals surface area contributed by atoms with Crippen molar-refractivity contribution in [2.24, 2.45) is 0 Å². The number of aryl methyl sites for hydroxylation is 1. The summed E-state index contributed by atoms with van der Waals surface area (Å²) in [4.78, 5) is 19.8. The average molecular weight is 408 g/mol. The zero-order valence-electron chi connectivity index (χ0n) is 15.7. The van der Waals surface area contributed by atoms with Crippen molar-refractivity contribution in [3.8, 4) is 11.1 Å². The lowest BCUT2D eigenvalue weighted by atomic mass is 10.1. The highest BCUT2D eigenvalue weighted by Crippen LogP contribution is 2.38. The molecule has 0 aliphatic carbocycles. The monoisotopic (exact) mass is 407 g/mol. The van der Waals surface area contributed by atoms with Crippen molar-refractivity contribution in [1.29, 1.82) is 0 Å². The highest BCUT2D eigenvalue weighted by Gasteiger charge is 2.22. The van der Waals surface area contributed by atoms with Crippen LogP contribution < -0.4 is 4.90 Å². The Morgan fingerprint density at radius 1 is 0.964 bits per heavy atom. The Bertz CT molecular complexity index is 1080. The van der Waals surface area contributed by atoms with Crippen molar-refractivity contribution in [1.82, 2.24) is 19.9 Å². The van der Waals surface area contributed by atoms with Gasteiger partial charge in [0.25, 0.3) is 0 Å². The first-order valence-corrected chi connectivity index (χ1v) is 11.2. The molecule has 4 heterocycles. The number of thiophene rings is 1. The van der Waals surface area contributed by atoms with E-state index < -0.39 is 0 Å². The molecule has 0 atom stereocenters. The van der Waals surface area contributed by atoms with Crippen LogP contribution in [0.2, 0.25) is 0 Å². The zero-order valence-corrected chi connectivity index (χ0v) is 17.3. The molecule has 1 aliphatic rings. The van der Waals surface area contributed by atoms with E-state index in [0.717, 1.165) is 48.4 Å². The van der Waals surface area contributed by atoms with Crippen LogP contribution in [0.15, 0.2) is 47.4 Å². The van der Waals surface area contributed by atoms with Gasteiger partial charge in [0.2, 0.25) is 0 Å². The lowest BCUT2D eigenvalue weighted by Gasteiger charge is -2.35. The highest BCUT2D eigenvalue weighted by molar-refractivity contribution is 7.17. The predicted molar refractivity (Wildman–Crippen MR) is 117 cm³/mol. The molecule has 1 aliphatic heterocycles. The number of hydrogen-bond acceptors (Lipinski definition) is 7. The number of piperazine rings is 1. The van der Waals surface area contributed by atoms with Gasteiger partial charge in [-0.15, -0.1) is 22.7 Å². The van der Waals surface area contributed by atoms with Crippen molar-refractivity contribution in [3.05, 3.63) is 58.1 Å². The van der Waals surface area contributed by atoms with Crippen LogP contribution in [0.1, 0.15) is 10.7 Å². The second-order valence-electron chi connectivity index (χ2n) is 7.01. The molecule has 0 spiro atoms. The van der Waals surface area contributed by atoms with Crippen molar-refractivity contribution >= 4 is 38.7 Å². The van der Waals surface area contributed by atoms with Gasteiger partial charge in [-0.25, -0.2) is 15.0 Å². The topological polar surface area (TPSA) is 45.2 Å². The van der Waals surface area contributed by atoms with Gasteiger partial charge >= 0.3 is 0 Å². The van der Waals surface area contributed by atoms with Gasteiger partial charge in [0.15, 0.2) is 0 Å². The molecule has 0 amide bonds. The molecule has 142 valence electrons. The summed E-state index contributed by atoms with van der Waals surface area (Å²) in [5.74, 6) is 1.06. The summed E-state index contributed by atoms with van der Waals surface area (Å²) in [5, 5.41) is 6.71. The second kappa shape index (κ2) is 7.58. The highest BCUT2D eigenvalue weighted by atomic mass is 32.1. The van der Waals surface area contributed by atoms with Crippen molar-refractivity contribution in [2.45, 2.75) is 13.5 Å². The minimum Gasteiger partial charge on any atom is -0.353 e. The standard InChI is InChI=1S/C21H21N5S2/c1-15-24-17(12-27-15)11-25-7-9-26(10-8-25)20-19-18(16-5-3-2-4-6-16)13-28-21(19)23-14-22-20/h2-6,12-14H,7-11H2,1H3. The van der Waals surface area contributed by atoms with E-state index in [1.165, 1.54) is 22.2 Å². The molecule has 0 saturated carbocycles. The van der Waals surface area contributed by atoms with E-state index in [2.05, 4.69) is 67.8 Å². The molecular weight excluding hydrogens is 386 g/mol. The molecule has 3 aromatic heterocycles. The van der Waals surface area contributed by atoms with Crippen LogP contribution in [0.25, 0.3) is 21.3 Å². The minimum absolute atomic E-state index is 0.936. The third kappa shape index (κ3) is 3.41. The average Bonchev–Trinajstić information content (AvgIpc) is 3.35. The molecule has 1 saturated heterocycles. The van der Waals surface area contributed by atoms with Crippen molar-refractivity contribution in [2.75, 3.05) is 31.1 Å². The van der Waals surface area contributed by atoms with Gasteiger partial charge in [0.1, 0.15) is 17.0 Å². The molecule has 0 unspecified atom stereocenters. The molecule has 7 heteroatoms. The van der Waals surface area contributed by atoms with Crippen LogP contribution in [0.3, 0.4) is 0 Å². The molecule has 4 aromatic rings. The fourth-order valence-corrected chi connectivity index (χ4v) is 5.27. The summed E-state index contributed by atoms with van der Waals surface area (Å²) in [6.45, 7) is 6.99. The molecule has 1 aromatic carbocycles. The van der Waals surface area contributed by atoms with Gasteiger partial charge in [0.05, 0.1) is 16.1 Å².